The molecule has 3 rings (SSSR count). The number of benzene rings is 2. The molecule has 0 saturated carbocycles. The molecule has 2 aromatic carbocycles. The molecule has 0 fully saturated rings. The monoisotopic (exact) mass is 371 g/mol. The quantitative estimate of drug-likeness (QED) is 0.534. The molecule has 0 saturated heterocycles. The van der Waals surface area contributed by atoms with E-state index in [0.29, 0.717) is 0 Å². The molecule has 6 heteroatoms. The molecule has 3 aromatic rings. The van der Waals surface area contributed by atoms with Crippen LogP contribution in [0.25, 0.3) is 11.4 Å². The Labute approximate surface area is 157 Å². The van der Waals surface area contributed by atoms with Gasteiger partial charge in [-0.25, -0.2) is 4.39 Å². The lowest BCUT2D eigenvalue weighted by molar-refractivity contribution is 0.415. The van der Waals surface area contributed by atoms with Crippen molar-refractivity contribution in [3.05, 3.63) is 59.9 Å². The van der Waals surface area contributed by atoms with Crippen molar-refractivity contribution in [3.8, 4) is 17.1 Å². The summed E-state index contributed by atoms with van der Waals surface area (Å²) in [5, 5.41) is 9.81. The number of halogens is 1. The zero-order valence-corrected chi connectivity index (χ0v) is 16.1. The van der Waals surface area contributed by atoms with Gasteiger partial charge in [-0.2, -0.15) is 0 Å². The number of hydrogen-bond acceptors (Lipinski definition) is 4. The van der Waals surface area contributed by atoms with E-state index >= 15 is 0 Å². The van der Waals surface area contributed by atoms with E-state index in [1.807, 2.05) is 36.4 Å². The van der Waals surface area contributed by atoms with Crippen molar-refractivity contribution in [1.29, 1.82) is 0 Å². The lowest BCUT2D eigenvalue weighted by Crippen LogP contribution is -2.05. The zero-order valence-electron chi connectivity index (χ0n) is 15.3. The Morgan fingerprint density at radius 2 is 1.62 bits per heavy atom. The van der Waals surface area contributed by atoms with Gasteiger partial charge in [0.25, 0.3) is 0 Å². The van der Waals surface area contributed by atoms with E-state index in [0.717, 1.165) is 27.9 Å². The second-order valence-corrected chi connectivity index (χ2v) is 7.62. The fourth-order valence-corrected chi connectivity index (χ4v) is 3.83. The molecule has 1 atom stereocenters. The number of rotatable bonds is 6. The molecule has 136 valence electrons. The minimum Gasteiger partial charge on any atom is -0.497 e. The van der Waals surface area contributed by atoms with Crippen molar-refractivity contribution in [2.45, 2.75) is 37.2 Å². The molecule has 26 heavy (non-hydrogen) atoms. The molecule has 0 N–H and O–H groups in total. The van der Waals surface area contributed by atoms with Gasteiger partial charge in [0, 0.05) is 16.9 Å². The molecule has 0 aliphatic carbocycles. The maximum Gasteiger partial charge on any atom is 0.192 e. The standard InChI is InChI=1S/C20H22FN3OS/c1-13(2)24-19(16-7-11-18(25-4)12-8-16)22-23-20(24)26-14(3)15-5-9-17(21)10-6-15/h5-14H,1-4H3/t14-/m1/s1. The molecule has 0 spiro atoms. The van der Waals surface area contributed by atoms with Crippen molar-refractivity contribution >= 4 is 11.8 Å². The number of nitrogens with zero attached hydrogens (tertiary/aromatic N) is 3. The molecule has 1 aromatic heterocycles. The Morgan fingerprint density at radius 1 is 0.962 bits per heavy atom. The fourth-order valence-electron chi connectivity index (χ4n) is 2.72. The number of aromatic nitrogens is 3. The van der Waals surface area contributed by atoms with Crippen LogP contribution in [0.5, 0.6) is 5.75 Å². The average Bonchev–Trinajstić information content (AvgIpc) is 3.06. The van der Waals surface area contributed by atoms with Gasteiger partial charge in [0.2, 0.25) is 0 Å². The Balaban J connectivity index is 1.90. The minimum atomic E-state index is -0.224. The Bertz CT molecular complexity index is 860. The third-order valence-electron chi connectivity index (χ3n) is 4.15. The van der Waals surface area contributed by atoms with Crippen molar-refractivity contribution in [2.75, 3.05) is 7.11 Å². The molecule has 0 amide bonds. The highest BCUT2D eigenvalue weighted by molar-refractivity contribution is 7.99. The van der Waals surface area contributed by atoms with Crippen LogP contribution >= 0.6 is 11.8 Å². The Morgan fingerprint density at radius 3 is 2.19 bits per heavy atom. The summed E-state index contributed by atoms with van der Waals surface area (Å²) in [4.78, 5) is 0. The molecule has 0 aliphatic rings. The van der Waals surface area contributed by atoms with Crippen LogP contribution in [-0.4, -0.2) is 21.9 Å². The van der Waals surface area contributed by atoms with E-state index in [4.69, 9.17) is 4.74 Å². The average molecular weight is 371 g/mol. The summed E-state index contributed by atoms with van der Waals surface area (Å²) in [7, 11) is 1.65. The van der Waals surface area contributed by atoms with E-state index in [1.54, 1.807) is 18.9 Å². The predicted molar refractivity (Wildman–Crippen MR) is 103 cm³/mol. The van der Waals surface area contributed by atoms with Crippen molar-refractivity contribution < 1.29 is 9.13 Å². The third kappa shape index (κ3) is 3.90. The van der Waals surface area contributed by atoms with Crippen LogP contribution in [0.3, 0.4) is 0 Å². The van der Waals surface area contributed by atoms with Crippen LogP contribution in [0.2, 0.25) is 0 Å². The minimum absolute atomic E-state index is 0.140. The summed E-state index contributed by atoms with van der Waals surface area (Å²) >= 11 is 1.62. The molecule has 0 unspecified atom stereocenters. The normalized spacial score (nSPS) is 12.4. The van der Waals surface area contributed by atoms with Gasteiger partial charge in [0.15, 0.2) is 11.0 Å². The maximum atomic E-state index is 13.1. The van der Waals surface area contributed by atoms with E-state index in [1.165, 1.54) is 12.1 Å². The Kier molecular flexibility index (Phi) is 5.61. The number of thioether (sulfide) groups is 1. The predicted octanol–water partition coefficient (Wildman–Crippen LogP) is 5.53. The molecule has 1 heterocycles. The molecule has 0 radical (unpaired) electrons. The van der Waals surface area contributed by atoms with Gasteiger partial charge in [-0.1, -0.05) is 23.9 Å². The molecule has 4 nitrogen and oxygen atoms in total. The first kappa shape index (κ1) is 18.5. The first-order valence-corrected chi connectivity index (χ1v) is 9.39. The van der Waals surface area contributed by atoms with Gasteiger partial charge in [0.05, 0.1) is 7.11 Å². The van der Waals surface area contributed by atoms with Crippen LogP contribution < -0.4 is 4.74 Å². The van der Waals surface area contributed by atoms with Gasteiger partial charge in [-0.05, 0) is 62.7 Å². The molecule has 0 aliphatic heterocycles. The highest BCUT2D eigenvalue weighted by Gasteiger charge is 2.19. The van der Waals surface area contributed by atoms with Gasteiger partial charge >= 0.3 is 0 Å². The summed E-state index contributed by atoms with van der Waals surface area (Å²) in [6.07, 6.45) is 0. The van der Waals surface area contributed by atoms with Gasteiger partial charge in [0.1, 0.15) is 11.6 Å². The van der Waals surface area contributed by atoms with E-state index in [9.17, 15) is 4.39 Å². The van der Waals surface area contributed by atoms with Crippen molar-refractivity contribution in [2.24, 2.45) is 0 Å². The second kappa shape index (κ2) is 7.91. The van der Waals surface area contributed by atoms with E-state index < -0.39 is 0 Å². The first-order valence-electron chi connectivity index (χ1n) is 8.51. The lowest BCUT2D eigenvalue weighted by atomic mass is 10.2. The fraction of sp³-hybridized carbons (Fsp3) is 0.300. The SMILES string of the molecule is COc1ccc(-c2nnc(S[C@H](C)c3ccc(F)cc3)n2C(C)C)cc1. The zero-order chi connectivity index (χ0) is 18.7. The van der Waals surface area contributed by atoms with Crippen LogP contribution in [0.1, 0.15) is 37.6 Å². The van der Waals surface area contributed by atoms with Gasteiger partial charge in [-0.15, -0.1) is 10.2 Å². The smallest absolute Gasteiger partial charge is 0.192 e. The summed E-state index contributed by atoms with van der Waals surface area (Å²) < 4.78 is 20.5. The second-order valence-electron chi connectivity index (χ2n) is 6.31. The lowest BCUT2D eigenvalue weighted by Gasteiger charge is -2.16. The van der Waals surface area contributed by atoms with E-state index in [-0.39, 0.29) is 17.1 Å². The van der Waals surface area contributed by atoms with Gasteiger partial charge in [-0.3, -0.25) is 4.57 Å². The summed E-state index contributed by atoms with van der Waals surface area (Å²) in [6.45, 7) is 6.32. The van der Waals surface area contributed by atoms with Crippen LogP contribution in [0.4, 0.5) is 4.39 Å². The van der Waals surface area contributed by atoms with E-state index in [2.05, 4.69) is 35.5 Å². The maximum absolute atomic E-state index is 13.1. The summed E-state index contributed by atoms with van der Waals surface area (Å²) in [5.41, 5.74) is 2.05. The summed E-state index contributed by atoms with van der Waals surface area (Å²) in [5.74, 6) is 1.42. The number of methoxy groups -OCH3 is 1. The molecule has 0 bridgehead atoms. The van der Waals surface area contributed by atoms with Crippen molar-refractivity contribution in [1.82, 2.24) is 14.8 Å². The third-order valence-corrected chi connectivity index (χ3v) is 5.27. The molecular weight excluding hydrogens is 349 g/mol. The van der Waals surface area contributed by atoms with Gasteiger partial charge < -0.3 is 4.74 Å². The highest BCUT2D eigenvalue weighted by atomic mass is 32.2. The highest BCUT2D eigenvalue weighted by Crippen LogP contribution is 2.37. The number of ether oxygens (including phenoxy) is 1. The Hall–Kier alpha value is -2.34. The van der Waals surface area contributed by atoms with Crippen molar-refractivity contribution in [3.63, 3.8) is 0 Å². The first-order chi connectivity index (χ1) is 12.5. The van der Waals surface area contributed by atoms with Crippen LogP contribution in [0.15, 0.2) is 53.7 Å². The van der Waals surface area contributed by atoms with Crippen LogP contribution in [-0.2, 0) is 0 Å². The topological polar surface area (TPSA) is 39.9 Å². The summed E-state index contributed by atoms with van der Waals surface area (Å²) in [6, 6.07) is 14.6. The largest absolute Gasteiger partial charge is 0.497 e. The molecular formula is C20H22FN3OS. The van der Waals surface area contributed by atoms with Crippen LogP contribution in [0, 0.1) is 5.82 Å². The number of hydrogen-bond donors (Lipinski definition) is 0.